The van der Waals surface area contributed by atoms with Gasteiger partial charge < -0.3 is 14.9 Å². The number of rotatable bonds is 2. The molecule has 0 aliphatic carbocycles. The Labute approximate surface area is 101 Å². The number of aliphatic hydroxyl groups excluding tert-OH is 1. The lowest BCUT2D eigenvalue weighted by molar-refractivity contribution is 0.281. The molecule has 2 rings (SSSR count). The van der Waals surface area contributed by atoms with Crippen molar-refractivity contribution < 1.29 is 9.50 Å². The lowest BCUT2D eigenvalue weighted by Crippen LogP contribution is -2.30. The summed E-state index contributed by atoms with van der Waals surface area (Å²) in [5.41, 5.74) is 1.25. The predicted molar refractivity (Wildman–Crippen MR) is 66.6 cm³/mol. The van der Waals surface area contributed by atoms with Crippen LogP contribution in [0.1, 0.15) is 12.0 Å². The molecule has 0 atom stereocenters. The average molecular weight is 238 g/mol. The Kier molecular flexibility index (Phi) is 3.97. The molecule has 0 amide bonds. The highest BCUT2D eigenvalue weighted by atomic mass is 19.1. The van der Waals surface area contributed by atoms with Crippen molar-refractivity contribution in [2.45, 2.75) is 13.0 Å². The molecule has 0 unspecified atom stereocenters. The minimum Gasteiger partial charge on any atom is -0.392 e. The van der Waals surface area contributed by atoms with Crippen LogP contribution in [0.3, 0.4) is 0 Å². The van der Waals surface area contributed by atoms with E-state index in [1.807, 2.05) is 4.90 Å². The van der Waals surface area contributed by atoms with Gasteiger partial charge in [-0.05, 0) is 26.1 Å². The van der Waals surface area contributed by atoms with E-state index in [9.17, 15) is 9.50 Å². The molecule has 1 aliphatic rings. The minimum atomic E-state index is -0.235. The van der Waals surface area contributed by atoms with Gasteiger partial charge in [-0.3, -0.25) is 0 Å². The molecule has 17 heavy (non-hydrogen) atoms. The molecular weight excluding hydrogens is 219 g/mol. The standard InChI is InChI=1S/C13H19FN2O/c1-15-6-3-7-16(9-8-15)13-11(10-17)4-2-5-12(13)14/h2,4-5,17H,3,6-10H2,1H3. The molecule has 94 valence electrons. The van der Waals surface area contributed by atoms with Crippen molar-refractivity contribution in [3.63, 3.8) is 0 Å². The molecule has 3 nitrogen and oxygen atoms in total. The van der Waals surface area contributed by atoms with Gasteiger partial charge in [-0.1, -0.05) is 12.1 Å². The first-order valence-electron chi connectivity index (χ1n) is 6.04. The Morgan fingerprint density at radius 2 is 2.06 bits per heavy atom. The second-order valence-corrected chi connectivity index (χ2v) is 4.55. The Hall–Kier alpha value is -1.13. The third-order valence-electron chi connectivity index (χ3n) is 3.28. The highest BCUT2D eigenvalue weighted by molar-refractivity contribution is 5.54. The van der Waals surface area contributed by atoms with Crippen LogP contribution in [0.2, 0.25) is 0 Å². The van der Waals surface area contributed by atoms with E-state index < -0.39 is 0 Å². The molecule has 0 saturated carbocycles. The summed E-state index contributed by atoms with van der Waals surface area (Å²) >= 11 is 0. The van der Waals surface area contributed by atoms with Gasteiger partial charge in [0.25, 0.3) is 0 Å². The number of likely N-dealkylation sites (N-methyl/N-ethyl adjacent to an activating group) is 1. The zero-order valence-electron chi connectivity index (χ0n) is 10.2. The number of benzene rings is 1. The first-order valence-corrected chi connectivity index (χ1v) is 6.04. The third-order valence-corrected chi connectivity index (χ3v) is 3.28. The lowest BCUT2D eigenvalue weighted by atomic mass is 10.1. The van der Waals surface area contributed by atoms with Crippen LogP contribution in [0.25, 0.3) is 0 Å². The second-order valence-electron chi connectivity index (χ2n) is 4.55. The van der Waals surface area contributed by atoms with Gasteiger partial charge >= 0.3 is 0 Å². The van der Waals surface area contributed by atoms with Gasteiger partial charge in [0.1, 0.15) is 5.82 Å². The number of para-hydroxylation sites is 1. The highest BCUT2D eigenvalue weighted by Gasteiger charge is 2.18. The molecule has 0 radical (unpaired) electrons. The van der Waals surface area contributed by atoms with E-state index in [1.54, 1.807) is 12.1 Å². The summed E-state index contributed by atoms with van der Waals surface area (Å²) in [6.07, 6.45) is 1.02. The van der Waals surface area contributed by atoms with Gasteiger partial charge in [-0.2, -0.15) is 0 Å². The van der Waals surface area contributed by atoms with Crippen molar-refractivity contribution in [1.82, 2.24) is 4.90 Å². The normalized spacial score (nSPS) is 18.2. The van der Waals surface area contributed by atoms with Crippen LogP contribution in [-0.4, -0.2) is 43.2 Å². The number of hydrogen-bond acceptors (Lipinski definition) is 3. The van der Waals surface area contributed by atoms with Crippen molar-refractivity contribution in [1.29, 1.82) is 0 Å². The SMILES string of the molecule is CN1CCCN(c2c(F)cccc2CO)CC1. The fourth-order valence-electron chi connectivity index (χ4n) is 2.31. The smallest absolute Gasteiger partial charge is 0.146 e. The largest absolute Gasteiger partial charge is 0.392 e. The van der Waals surface area contributed by atoms with Crippen molar-refractivity contribution in [2.24, 2.45) is 0 Å². The van der Waals surface area contributed by atoms with Crippen LogP contribution >= 0.6 is 0 Å². The van der Waals surface area contributed by atoms with Gasteiger partial charge in [-0.15, -0.1) is 0 Å². The Morgan fingerprint density at radius 1 is 1.24 bits per heavy atom. The van der Waals surface area contributed by atoms with Crippen LogP contribution in [-0.2, 0) is 6.61 Å². The average Bonchev–Trinajstić information content (AvgIpc) is 2.54. The fourth-order valence-corrected chi connectivity index (χ4v) is 2.31. The van der Waals surface area contributed by atoms with E-state index in [2.05, 4.69) is 11.9 Å². The van der Waals surface area contributed by atoms with Crippen LogP contribution in [0.4, 0.5) is 10.1 Å². The monoisotopic (exact) mass is 238 g/mol. The van der Waals surface area contributed by atoms with Gasteiger partial charge in [0.2, 0.25) is 0 Å². The Balaban J connectivity index is 2.26. The molecule has 1 fully saturated rings. The summed E-state index contributed by atoms with van der Waals surface area (Å²) in [5.74, 6) is -0.235. The van der Waals surface area contributed by atoms with Crippen LogP contribution in [0.5, 0.6) is 0 Å². The summed E-state index contributed by atoms with van der Waals surface area (Å²) in [4.78, 5) is 4.30. The second kappa shape index (κ2) is 5.47. The first kappa shape index (κ1) is 12.3. The minimum absolute atomic E-state index is 0.112. The Bertz CT molecular complexity index is 384. The van der Waals surface area contributed by atoms with E-state index in [4.69, 9.17) is 0 Å². The topological polar surface area (TPSA) is 26.7 Å². The third kappa shape index (κ3) is 2.76. The zero-order valence-corrected chi connectivity index (χ0v) is 10.2. The van der Waals surface area contributed by atoms with E-state index in [0.29, 0.717) is 11.3 Å². The maximum atomic E-state index is 13.9. The van der Waals surface area contributed by atoms with E-state index in [-0.39, 0.29) is 12.4 Å². The van der Waals surface area contributed by atoms with Gasteiger partial charge in [0.15, 0.2) is 0 Å². The number of anilines is 1. The molecule has 1 N–H and O–H groups in total. The number of hydrogen-bond donors (Lipinski definition) is 1. The quantitative estimate of drug-likeness (QED) is 0.845. The summed E-state index contributed by atoms with van der Waals surface area (Å²) in [6.45, 7) is 3.51. The van der Waals surface area contributed by atoms with Crippen molar-refractivity contribution in [2.75, 3.05) is 38.1 Å². The molecule has 1 saturated heterocycles. The maximum Gasteiger partial charge on any atom is 0.146 e. The maximum absolute atomic E-state index is 13.9. The summed E-state index contributed by atoms with van der Waals surface area (Å²) in [6, 6.07) is 4.89. The van der Waals surface area contributed by atoms with Crippen molar-refractivity contribution >= 4 is 5.69 Å². The molecular formula is C13H19FN2O. The zero-order chi connectivity index (χ0) is 12.3. The number of nitrogens with zero attached hydrogens (tertiary/aromatic N) is 2. The molecule has 1 aromatic carbocycles. The molecule has 0 spiro atoms. The molecule has 1 heterocycles. The summed E-state index contributed by atoms with van der Waals surface area (Å²) < 4.78 is 13.9. The summed E-state index contributed by atoms with van der Waals surface area (Å²) in [7, 11) is 2.08. The Morgan fingerprint density at radius 3 is 2.82 bits per heavy atom. The fraction of sp³-hybridized carbons (Fsp3) is 0.538. The van der Waals surface area contributed by atoms with E-state index >= 15 is 0 Å². The molecule has 4 heteroatoms. The highest BCUT2D eigenvalue weighted by Crippen LogP contribution is 2.25. The van der Waals surface area contributed by atoms with Crippen LogP contribution < -0.4 is 4.90 Å². The number of aliphatic hydroxyl groups is 1. The van der Waals surface area contributed by atoms with Crippen molar-refractivity contribution in [3.8, 4) is 0 Å². The van der Waals surface area contributed by atoms with Gasteiger partial charge in [0, 0.05) is 25.2 Å². The predicted octanol–water partition coefficient (Wildman–Crippen LogP) is 1.46. The van der Waals surface area contributed by atoms with Crippen LogP contribution in [0, 0.1) is 5.82 Å². The van der Waals surface area contributed by atoms with Gasteiger partial charge in [0.05, 0.1) is 12.3 Å². The first-order chi connectivity index (χ1) is 8.22. The van der Waals surface area contributed by atoms with E-state index in [0.717, 1.165) is 32.6 Å². The lowest BCUT2D eigenvalue weighted by Gasteiger charge is -2.25. The van der Waals surface area contributed by atoms with Crippen LogP contribution in [0.15, 0.2) is 18.2 Å². The summed E-state index contributed by atoms with van der Waals surface area (Å²) in [5, 5.41) is 9.29. The molecule has 1 aliphatic heterocycles. The molecule has 0 bridgehead atoms. The number of halogens is 1. The molecule has 0 aromatic heterocycles. The van der Waals surface area contributed by atoms with E-state index in [1.165, 1.54) is 6.07 Å². The van der Waals surface area contributed by atoms with Crippen molar-refractivity contribution in [3.05, 3.63) is 29.6 Å². The van der Waals surface area contributed by atoms with Gasteiger partial charge in [-0.25, -0.2) is 4.39 Å². The molecule has 1 aromatic rings.